The van der Waals surface area contributed by atoms with Crippen LogP contribution in [0.3, 0.4) is 0 Å². The molecule has 2 atom stereocenters. The summed E-state index contributed by atoms with van der Waals surface area (Å²) in [6.45, 7) is 5.80. The van der Waals surface area contributed by atoms with Crippen molar-refractivity contribution in [1.82, 2.24) is 14.9 Å². The minimum Gasteiger partial charge on any atom is -0.479 e. The Morgan fingerprint density at radius 2 is 2.14 bits per heavy atom. The zero-order chi connectivity index (χ0) is 16.4. The van der Waals surface area contributed by atoms with Gasteiger partial charge in [-0.05, 0) is 6.92 Å². The van der Waals surface area contributed by atoms with Gasteiger partial charge in [0.15, 0.2) is 11.8 Å². The van der Waals surface area contributed by atoms with Crippen LogP contribution in [0, 0.1) is 0 Å². The number of amides is 1. The first-order valence-electron chi connectivity index (χ1n) is 6.99. The predicted octanol–water partition coefficient (Wildman–Crippen LogP) is 1.57. The number of rotatable bonds is 3. The van der Waals surface area contributed by atoms with Crippen molar-refractivity contribution >= 4 is 23.5 Å². The number of hydrogen-bond donors (Lipinski definition) is 1. The number of aliphatic carboxylic acids is 1. The molecule has 1 aromatic heterocycles. The van der Waals surface area contributed by atoms with Crippen molar-refractivity contribution in [3.8, 4) is 0 Å². The van der Waals surface area contributed by atoms with Crippen LogP contribution >= 0.6 is 11.6 Å². The smallest absolute Gasteiger partial charge is 0.334 e. The molecule has 0 bridgehead atoms. The highest BCUT2D eigenvalue weighted by molar-refractivity contribution is 6.33. The van der Waals surface area contributed by atoms with Crippen LogP contribution in [0.5, 0.6) is 0 Å². The topological polar surface area (TPSA) is 92.6 Å². The Morgan fingerprint density at radius 1 is 1.45 bits per heavy atom. The van der Waals surface area contributed by atoms with E-state index in [4.69, 9.17) is 21.4 Å². The average Bonchev–Trinajstić information content (AvgIpc) is 2.46. The van der Waals surface area contributed by atoms with Crippen LogP contribution in [0.4, 0.5) is 0 Å². The Hall–Kier alpha value is -1.73. The van der Waals surface area contributed by atoms with Crippen LogP contribution < -0.4 is 0 Å². The van der Waals surface area contributed by atoms with Gasteiger partial charge in [-0.1, -0.05) is 25.4 Å². The lowest BCUT2D eigenvalue weighted by molar-refractivity contribution is -0.160. The third-order valence-electron chi connectivity index (χ3n) is 3.30. The zero-order valence-corrected chi connectivity index (χ0v) is 13.4. The second kappa shape index (κ2) is 6.58. The highest BCUT2D eigenvalue weighted by atomic mass is 35.5. The molecule has 0 radical (unpaired) electrons. The lowest BCUT2D eigenvalue weighted by Gasteiger charge is -2.34. The maximum absolute atomic E-state index is 12.6. The summed E-state index contributed by atoms with van der Waals surface area (Å²) in [4.78, 5) is 33.4. The van der Waals surface area contributed by atoms with E-state index in [1.165, 1.54) is 11.1 Å². The van der Waals surface area contributed by atoms with E-state index in [-0.39, 0.29) is 29.3 Å². The molecule has 1 amide bonds. The van der Waals surface area contributed by atoms with Crippen LogP contribution in [0.25, 0.3) is 0 Å². The summed E-state index contributed by atoms with van der Waals surface area (Å²) in [5.41, 5.74) is 0.0959. The molecule has 1 saturated heterocycles. The van der Waals surface area contributed by atoms with Gasteiger partial charge >= 0.3 is 5.97 Å². The van der Waals surface area contributed by atoms with Crippen molar-refractivity contribution in [2.24, 2.45) is 0 Å². The monoisotopic (exact) mass is 327 g/mol. The fraction of sp³-hybridized carbons (Fsp3) is 0.571. The summed E-state index contributed by atoms with van der Waals surface area (Å²) >= 11 is 6.03. The normalized spacial score (nSPS) is 22.0. The lowest BCUT2D eigenvalue weighted by Crippen LogP contribution is -2.52. The van der Waals surface area contributed by atoms with E-state index in [0.717, 1.165) is 0 Å². The van der Waals surface area contributed by atoms with Crippen molar-refractivity contribution in [2.45, 2.75) is 38.9 Å². The Labute approximate surface area is 133 Å². The number of carboxylic acids is 1. The molecule has 0 aliphatic carbocycles. The summed E-state index contributed by atoms with van der Waals surface area (Å²) in [7, 11) is 0. The second-order valence-electron chi connectivity index (χ2n) is 5.56. The SMILES string of the molecule is CC(C)c1ncc(Cl)c(C(=O)N2CC(C(=O)O)O[C@H](C)C2)n1. The predicted molar refractivity (Wildman–Crippen MR) is 79.0 cm³/mol. The van der Waals surface area contributed by atoms with Crippen molar-refractivity contribution in [3.05, 3.63) is 22.7 Å². The third kappa shape index (κ3) is 3.53. The molecule has 1 N–H and O–H groups in total. The van der Waals surface area contributed by atoms with E-state index >= 15 is 0 Å². The quantitative estimate of drug-likeness (QED) is 0.905. The number of aromatic nitrogens is 2. The summed E-state index contributed by atoms with van der Waals surface area (Å²) in [5.74, 6) is -0.931. The van der Waals surface area contributed by atoms with E-state index in [9.17, 15) is 9.59 Å². The molecule has 8 heteroatoms. The molecule has 2 heterocycles. The maximum Gasteiger partial charge on any atom is 0.334 e. The molecule has 0 spiro atoms. The van der Waals surface area contributed by atoms with Gasteiger partial charge in [-0.25, -0.2) is 14.8 Å². The van der Waals surface area contributed by atoms with Crippen LogP contribution in [-0.2, 0) is 9.53 Å². The summed E-state index contributed by atoms with van der Waals surface area (Å²) in [6.07, 6.45) is -0.0165. The number of carbonyl (C=O) groups excluding carboxylic acids is 1. The Balaban J connectivity index is 2.27. The molecule has 1 fully saturated rings. The Kier molecular flexibility index (Phi) is 4.97. The van der Waals surface area contributed by atoms with Crippen molar-refractivity contribution in [1.29, 1.82) is 0 Å². The van der Waals surface area contributed by atoms with Gasteiger partial charge in [-0.2, -0.15) is 0 Å². The van der Waals surface area contributed by atoms with Crippen molar-refractivity contribution in [2.75, 3.05) is 13.1 Å². The fourth-order valence-corrected chi connectivity index (χ4v) is 2.38. The number of nitrogens with zero attached hydrogens (tertiary/aromatic N) is 3. The first-order chi connectivity index (χ1) is 10.3. The summed E-state index contributed by atoms with van der Waals surface area (Å²) in [6, 6.07) is 0. The molecule has 7 nitrogen and oxygen atoms in total. The van der Waals surface area contributed by atoms with E-state index in [1.807, 2.05) is 13.8 Å². The van der Waals surface area contributed by atoms with Gasteiger partial charge in [0.1, 0.15) is 5.82 Å². The van der Waals surface area contributed by atoms with Gasteiger partial charge in [0.25, 0.3) is 5.91 Å². The number of halogens is 1. The van der Waals surface area contributed by atoms with Gasteiger partial charge < -0.3 is 14.7 Å². The average molecular weight is 328 g/mol. The highest BCUT2D eigenvalue weighted by Crippen LogP contribution is 2.20. The minimum absolute atomic E-state index is 0.0319. The standard InChI is InChI=1S/C14H18ClN3O4/c1-7(2)12-16-4-9(15)11(17-12)13(19)18-5-8(3)22-10(6-18)14(20)21/h4,7-8,10H,5-6H2,1-3H3,(H,20,21)/t8-,10?/m1/s1. The number of hydrogen-bond acceptors (Lipinski definition) is 5. The van der Waals surface area contributed by atoms with Crippen LogP contribution in [0.15, 0.2) is 6.20 Å². The minimum atomic E-state index is -1.10. The first kappa shape index (κ1) is 16.6. The molecule has 1 aromatic rings. The van der Waals surface area contributed by atoms with Gasteiger partial charge in [0.2, 0.25) is 0 Å². The second-order valence-corrected chi connectivity index (χ2v) is 5.97. The molecule has 2 rings (SSSR count). The van der Waals surface area contributed by atoms with Gasteiger partial charge in [-0.3, -0.25) is 4.79 Å². The molecule has 1 unspecified atom stereocenters. The largest absolute Gasteiger partial charge is 0.479 e. The summed E-state index contributed by atoms with van der Waals surface area (Å²) < 4.78 is 5.30. The lowest BCUT2D eigenvalue weighted by atomic mass is 10.2. The van der Waals surface area contributed by atoms with Gasteiger partial charge in [0, 0.05) is 12.5 Å². The Morgan fingerprint density at radius 3 is 2.73 bits per heavy atom. The molecule has 1 aliphatic rings. The fourth-order valence-electron chi connectivity index (χ4n) is 2.21. The third-order valence-corrected chi connectivity index (χ3v) is 3.58. The molecule has 0 saturated carbocycles. The van der Waals surface area contributed by atoms with Crippen molar-refractivity contribution < 1.29 is 19.4 Å². The first-order valence-corrected chi connectivity index (χ1v) is 7.37. The van der Waals surface area contributed by atoms with Crippen LogP contribution in [0.2, 0.25) is 5.02 Å². The molecule has 1 aliphatic heterocycles. The van der Waals surface area contributed by atoms with E-state index in [1.54, 1.807) is 6.92 Å². The highest BCUT2D eigenvalue weighted by Gasteiger charge is 2.34. The van der Waals surface area contributed by atoms with Gasteiger partial charge in [-0.15, -0.1) is 0 Å². The maximum atomic E-state index is 12.6. The number of carbonyl (C=O) groups is 2. The van der Waals surface area contributed by atoms with E-state index in [0.29, 0.717) is 12.4 Å². The van der Waals surface area contributed by atoms with Crippen molar-refractivity contribution in [3.63, 3.8) is 0 Å². The van der Waals surface area contributed by atoms with Crippen LogP contribution in [-0.4, -0.2) is 57.1 Å². The molecular weight excluding hydrogens is 310 g/mol. The van der Waals surface area contributed by atoms with Crippen LogP contribution in [0.1, 0.15) is 43.0 Å². The summed E-state index contributed by atoms with van der Waals surface area (Å²) in [5, 5.41) is 9.24. The molecule has 0 aromatic carbocycles. The Bertz CT molecular complexity index is 593. The number of morpholine rings is 1. The number of carboxylic acid groups (broad SMARTS) is 1. The number of ether oxygens (including phenoxy) is 1. The zero-order valence-electron chi connectivity index (χ0n) is 12.6. The van der Waals surface area contributed by atoms with Gasteiger partial charge in [0.05, 0.1) is 23.9 Å². The molecular formula is C14H18ClN3O4. The molecule has 22 heavy (non-hydrogen) atoms. The van der Waals surface area contributed by atoms with E-state index < -0.39 is 18.0 Å². The van der Waals surface area contributed by atoms with E-state index in [2.05, 4.69) is 9.97 Å². The molecule has 120 valence electrons.